The molecule has 3 heterocycles. The summed E-state index contributed by atoms with van der Waals surface area (Å²) in [6.45, 7) is 6.97. The third kappa shape index (κ3) is 6.71. The zero-order valence-corrected chi connectivity index (χ0v) is 19.0. The van der Waals surface area contributed by atoms with Crippen molar-refractivity contribution >= 4 is 17.3 Å². The Labute approximate surface area is 189 Å². The summed E-state index contributed by atoms with van der Waals surface area (Å²) in [7, 11) is 0. The van der Waals surface area contributed by atoms with Gasteiger partial charge in [0.2, 0.25) is 0 Å². The van der Waals surface area contributed by atoms with Gasteiger partial charge in [0.05, 0.1) is 12.8 Å². The minimum absolute atomic E-state index is 0.450. The Bertz CT molecular complexity index is 928. The molecule has 0 radical (unpaired) electrons. The van der Waals surface area contributed by atoms with Gasteiger partial charge in [0.25, 0.3) is 0 Å². The van der Waals surface area contributed by atoms with Gasteiger partial charge in [-0.3, -0.25) is 4.90 Å². The molecule has 164 valence electrons. The first-order valence-electron chi connectivity index (χ1n) is 11.1. The van der Waals surface area contributed by atoms with Gasteiger partial charge < -0.3 is 15.1 Å². The third-order valence-electron chi connectivity index (χ3n) is 5.80. The Morgan fingerprint density at radius 1 is 1.13 bits per heavy atom. The molecule has 1 saturated heterocycles. The summed E-state index contributed by atoms with van der Waals surface area (Å²) in [5.74, 6) is 1.90. The quantitative estimate of drug-likeness (QED) is 0.401. The summed E-state index contributed by atoms with van der Waals surface area (Å²) in [4.78, 5) is 8.68. The summed E-state index contributed by atoms with van der Waals surface area (Å²) in [5, 5.41) is 9.28. The Balaban J connectivity index is 1.28. The van der Waals surface area contributed by atoms with Crippen molar-refractivity contribution in [2.24, 2.45) is 4.99 Å². The Hall–Kier alpha value is -2.57. The van der Waals surface area contributed by atoms with Crippen LogP contribution in [-0.2, 0) is 19.5 Å². The van der Waals surface area contributed by atoms with Crippen LogP contribution in [0, 0.1) is 6.92 Å². The zero-order valence-electron chi connectivity index (χ0n) is 18.2. The van der Waals surface area contributed by atoms with Gasteiger partial charge in [-0.2, -0.15) is 0 Å². The van der Waals surface area contributed by atoms with E-state index in [9.17, 15) is 0 Å². The average molecular weight is 437 g/mol. The van der Waals surface area contributed by atoms with E-state index in [4.69, 9.17) is 9.41 Å². The summed E-state index contributed by atoms with van der Waals surface area (Å²) >= 11 is 1.75. The van der Waals surface area contributed by atoms with Crippen LogP contribution in [0.4, 0.5) is 0 Å². The molecule has 0 spiro atoms. The number of aryl methyl sites for hydroxylation is 1. The van der Waals surface area contributed by atoms with Crippen molar-refractivity contribution in [1.29, 1.82) is 0 Å². The van der Waals surface area contributed by atoms with Crippen LogP contribution < -0.4 is 10.6 Å². The highest BCUT2D eigenvalue weighted by Gasteiger charge is 2.20. The smallest absolute Gasteiger partial charge is 0.191 e. The Morgan fingerprint density at radius 3 is 2.74 bits per heavy atom. The lowest BCUT2D eigenvalue weighted by Crippen LogP contribution is -2.48. The molecular formula is C25H32N4OS. The maximum atomic E-state index is 5.45. The lowest BCUT2D eigenvalue weighted by Gasteiger charge is -2.33. The maximum Gasteiger partial charge on any atom is 0.191 e. The molecule has 1 aromatic carbocycles. The molecule has 1 aliphatic rings. The fraction of sp³-hybridized carbons (Fsp3) is 0.400. The van der Waals surface area contributed by atoms with Crippen LogP contribution in [0.25, 0.3) is 0 Å². The van der Waals surface area contributed by atoms with Crippen LogP contribution in [0.5, 0.6) is 0 Å². The molecule has 6 heteroatoms. The molecule has 0 saturated carbocycles. The van der Waals surface area contributed by atoms with Crippen molar-refractivity contribution in [2.45, 2.75) is 45.3 Å². The van der Waals surface area contributed by atoms with Gasteiger partial charge in [-0.25, -0.2) is 4.99 Å². The molecule has 31 heavy (non-hydrogen) atoms. The number of hydrogen-bond donors (Lipinski definition) is 2. The van der Waals surface area contributed by atoms with Crippen LogP contribution in [0.1, 0.15) is 34.6 Å². The summed E-state index contributed by atoms with van der Waals surface area (Å²) in [6, 6.07) is 17.3. The van der Waals surface area contributed by atoms with Crippen molar-refractivity contribution in [1.82, 2.24) is 15.5 Å². The number of thiophene rings is 1. The highest BCUT2D eigenvalue weighted by Crippen LogP contribution is 2.16. The standard InChI is InChI=1S/C25H32N4OS/c1-20-6-2-3-7-21(20)19-29-14-11-22(12-15-29)28-25(27-18-24-9-5-17-31-24)26-13-10-23-8-4-16-30-23/h2-9,16-17,22H,10-15,18-19H2,1H3,(H2,26,27,28). The Kier molecular flexibility index (Phi) is 7.80. The second-order valence-corrected chi connectivity index (χ2v) is 9.15. The number of furan rings is 1. The first kappa shape index (κ1) is 21.7. The van der Waals surface area contributed by atoms with Gasteiger partial charge in [0.1, 0.15) is 5.76 Å². The van der Waals surface area contributed by atoms with E-state index in [1.54, 1.807) is 17.6 Å². The van der Waals surface area contributed by atoms with Crippen molar-refractivity contribution in [3.8, 4) is 0 Å². The first-order valence-corrected chi connectivity index (χ1v) is 12.0. The molecule has 2 aromatic heterocycles. The molecular weight excluding hydrogens is 404 g/mol. The van der Waals surface area contributed by atoms with Crippen LogP contribution in [0.15, 0.2) is 69.6 Å². The van der Waals surface area contributed by atoms with E-state index in [2.05, 4.69) is 64.2 Å². The van der Waals surface area contributed by atoms with Gasteiger partial charge in [-0.1, -0.05) is 30.3 Å². The summed E-state index contributed by atoms with van der Waals surface area (Å²) < 4.78 is 5.45. The minimum Gasteiger partial charge on any atom is -0.469 e. The van der Waals surface area contributed by atoms with Gasteiger partial charge in [-0.15, -0.1) is 11.3 Å². The fourth-order valence-corrected chi connectivity index (χ4v) is 4.56. The van der Waals surface area contributed by atoms with Crippen molar-refractivity contribution in [2.75, 3.05) is 19.6 Å². The minimum atomic E-state index is 0.450. The fourth-order valence-electron chi connectivity index (χ4n) is 3.93. The average Bonchev–Trinajstić information content (AvgIpc) is 3.49. The van der Waals surface area contributed by atoms with Crippen LogP contribution >= 0.6 is 11.3 Å². The predicted octanol–water partition coefficient (Wildman–Crippen LogP) is 4.59. The third-order valence-corrected chi connectivity index (χ3v) is 6.66. The normalized spacial score (nSPS) is 15.8. The number of nitrogens with zero attached hydrogens (tertiary/aromatic N) is 2. The molecule has 0 unspecified atom stereocenters. The van der Waals surface area contributed by atoms with E-state index >= 15 is 0 Å². The summed E-state index contributed by atoms with van der Waals surface area (Å²) in [5.41, 5.74) is 2.82. The topological polar surface area (TPSA) is 52.8 Å². The largest absolute Gasteiger partial charge is 0.469 e. The van der Waals surface area contributed by atoms with Crippen molar-refractivity contribution < 1.29 is 4.42 Å². The molecule has 0 amide bonds. The molecule has 2 N–H and O–H groups in total. The molecule has 0 atom stereocenters. The lowest BCUT2D eigenvalue weighted by atomic mass is 10.0. The molecule has 0 aliphatic carbocycles. The van der Waals surface area contributed by atoms with E-state index in [-0.39, 0.29) is 0 Å². The monoisotopic (exact) mass is 436 g/mol. The number of nitrogens with one attached hydrogen (secondary N) is 2. The number of piperidine rings is 1. The first-order chi connectivity index (χ1) is 15.3. The molecule has 1 fully saturated rings. The molecule has 4 rings (SSSR count). The molecule has 0 bridgehead atoms. The molecule has 1 aliphatic heterocycles. The van der Waals surface area contributed by atoms with E-state index in [1.165, 1.54) is 16.0 Å². The second-order valence-electron chi connectivity index (χ2n) is 8.12. The SMILES string of the molecule is Cc1ccccc1CN1CCC(NC(=NCc2cccs2)NCCc2ccco2)CC1. The predicted molar refractivity (Wildman–Crippen MR) is 128 cm³/mol. The van der Waals surface area contributed by atoms with Crippen molar-refractivity contribution in [3.05, 3.63) is 81.9 Å². The van der Waals surface area contributed by atoms with E-state index < -0.39 is 0 Å². The van der Waals surface area contributed by atoms with Crippen LogP contribution in [0.3, 0.4) is 0 Å². The summed E-state index contributed by atoms with van der Waals surface area (Å²) in [6.07, 6.45) is 4.83. The zero-order chi connectivity index (χ0) is 21.3. The number of guanidine groups is 1. The van der Waals surface area contributed by atoms with Crippen LogP contribution in [-0.4, -0.2) is 36.5 Å². The number of aliphatic imine (C=N–C) groups is 1. The lowest BCUT2D eigenvalue weighted by molar-refractivity contribution is 0.198. The van der Waals surface area contributed by atoms with Gasteiger partial charge in [0, 0.05) is 43.5 Å². The number of rotatable bonds is 8. The van der Waals surface area contributed by atoms with E-state index in [0.717, 1.165) is 57.2 Å². The maximum absolute atomic E-state index is 5.45. The number of hydrogen-bond acceptors (Lipinski definition) is 4. The number of likely N-dealkylation sites (tertiary alicyclic amines) is 1. The van der Waals surface area contributed by atoms with Crippen molar-refractivity contribution in [3.63, 3.8) is 0 Å². The van der Waals surface area contributed by atoms with Gasteiger partial charge in [0.15, 0.2) is 5.96 Å². The van der Waals surface area contributed by atoms with Crippen LogP contribution in [0.2, 0.25) is 0 Å². The van der Waals surface area contributed by atoms with Gasteiger partial charge >= 0.3 is 0 Å². The number of benzene rings is 1. The highest BCUT2D eigenvalue weighted by atomic mass is 32.1. The second kappa shape index (κ2) is 11.2. The molecule has 5 nitrogen and oxygen atoms in total. The van der Waals surface area contributed by atoms with E-state index in [0.29, 0.717) is 12.6 Å². The highest BCUT2D eigenvalue weighted by molar-refractivity contribution is 7.09. The van der Waals surface area contributed by atoms with Gasteiger partial charge in [-0.05, 0) is 54.5 Å². The Morgan fingerprint density at radius 2 is 2.00 bits per heavy atom. The van der Waals surface area contributed by atoms with E-state index in [1.807, 2.05) is 12.1 Å². The molecule has 3 aromatic rings.